The molecule has 1 aromatic rings. The molecule has 0 saturated carbocycles. The van der Waals surface area contributed by atoms with Crippen molar-refractivity contribution >= 4 is 15.9 Å². The summed E-state index contributed by atoms with van der Waals surface area (Å²) in [6, 6.07) is 5.62. The van der Waals surface area contributed by atoms with Crippen LogP contribution >= 0.6 is 0 Å². The molecule has 1 amide bonds. The molecule has 0 spiro atoms. The Labute approximate surface area is 171 Å². The van der Waals surface area contributed by atoms with Gasteiger partial charge in [-0.15, -0.1) is 0 Å². The van der Waals surface area contributed by atoms with E-state index < -0.39 is 21.4 Å². The van der Waals surface area contributed by atoms with E-state index in [-0.39, 0.29) is 24.1 Å². The second-order valence-corrected chi connectivity index (χ2v) is 9.84. The van der Waals surface area contributed by atoms with E-state index in [0.717, 1.165) is 0 Å². The van der Waals surface area contributed by atoms with E-state index in [0.29, 0.717) is 57.6 Å². The van der Waals surface area contributed by atoms with E-state index in [9.17, 15) is 17.6 Å². The summed E-state index contributed by atoms with van der Waals surface area (Å²) in [6.07, 6.45) is 2.40. The lowest BCUT2D eigenvalue weighted by Gasteiger charge is -2.33. The lowest BCUT2D eigenvalue weighted by molar-refractivity contribution is -0.130. The Kier molecular flexibility index (Phi) is 7.26. The molecule has 2 saturated heterocycles. The number of methoxy groups -OCH3 is 1. The molecule has 29 heavy (non-hydrogen) atoms. The van der Waals surface area contributed by atoms with Crippen LogP contribution in [-0.2, 0) is 30.0 Å². The molecule has 9 heteroatoms. The Morgan fingerprint density at radius 1 is 1.38 bits per heavy atom. The van der Waals surface area contributed by atoms with Crippen LogP contribution in [0.3, 0.4) is 0 Å². The fraction of sp³-hybridized carbons (Fsp3) is 0.650. The third kappa shape index (κ3) is 5.75. The maximum Gasteiger partial charge on any atom is 0.223 e. The summed E-state index contributed by atoms with van der Waals surface area (Å²) in [6.45, 7) is 2.07. The Morgan fingerprint density at radius 3 is 2.83 bits per heavy atom. The van der Waals surface area contributed by atoms with Crippen LogP contribution in [0.1, 0.15) is 31.2 Å². The van der Waals surface area contributed by atoms with Crippen molar-refractivity contribution < 1.29 is 27.1 Å². The number of carbonyl (C=O) groups is 1. The summed E-state index contributed by atoms with van der Waals surface area (Å²) in [5.74, 6) is -0.883. The van der Waals surface area contributed by atoms with Crippen molar-refractivity contribution in [3.63, 3.8) is 0 Å². The van der Waals surface area contributed by atoms with Crippen LogP contribution in [0.15, 0.2) is 24.3 Å². The van der Waals surface area contributed by atoms with Gasteiger partial charge in [-0.2, -0.15) is 4.31 Å². The predicted molar refractivity (Wildman–Crippen MR) is 106 cm³/mol. The standard InChI is InChI=1S/C20H29FN2O5S/c1-27-12-8-20(22-19(24)17-5-10-28-11-6-17)7-9-23(15-20)29(25,26)14-16-3-2-4-18(21)13-16/h2-4,13,17H,5-12,14-15H2,1H3,(H,22,24). The number of amides is 1. The van der Waals surface area contributed by atoms with Crippen molar-refractivity contribution in [2.75, 3.05) is 40.0 Å². The number of nitrogens with zero attached hydrogens (tertiary/aromatic N) is 1. The highest BCUT2D eigenvalue weighted by molar-refractivity contribution is 7.88. The van der Waals surface area contributed by atoms with Gasteiger partial charge in [0.2, 0.25) is 15.9 Å². The fourth-order valence-electron chi connectivity index (χ4n) is 3.99. The van der Waals surface area contributed by atoms with Crippen LogP contribution in [0.2, 0.25) is 0 Å². The van der Waals surface area contributed by atoms with E-state index in [1.54, 1.807) is 13.2 Å². The Morgan fingerprint density at radius 2 is 2.14 bits per heavy atom. The molecule has 0 aromatic heterocycles. The zero-order chi connectivity index (χ0) is 20.9. The quantitative estimate of drug-likeness (QED) is 0.681. The van der Waals surface area contributed by atoms with Crippen molar-refractivity contribution in [2.24, 2.45) is 5.92 Å². The maximum absolute atomic E-state index is 13.4. The first-order valence-electron chi connectivity index (χ1n) is 9.95. The lowest BCUT2D eigenvalue weighted by Crippen LogP contribution is -2.53. The molecular weight excluding hydrogens is 399 g/mol. The topological polar surface area (TPSA) is 84.9 Å². The third-order valence-corrected chi connectivity index (χ3v) is 7.51. The summed E-state index contributed by atoms with van der Waals surface area (Å²) >= 11 is 0. The van der Waals surface area contributed by atoms with Crippen LogP contribution in [0.25, 0.3) is 0 Å². The number of carbonyl (C=O) groups excluding carboxylic acids is 1. The molecule has 0 aliphatic carbocycles. The lowest BCUT2D eigenvalue weighted by atomic mass is 9.91. The van der Waals surface area contributed by atoms with Gasteiger partial charge in [0.25, 0.3) is 0 Å². The number of hydrogen-bond donors (Lipinski definition) is 1. The van der Waals surface area contributed by atoms with Crippen LogP contribution in [0, 0.1) is 11.7 Å². The Bertz CT molecular complexity index is 813. The number of halogens is 1. The van der Waals surface area contributed by atoms with Crippen molar-refractivity contribution in [3.8, 4) is 0 Å². The summed E-state index contributed by atoms with van der Waals surface area (Å²) < 4.78 is 51.2. The molecule has 1 N–H and O–H groups in total. The number of sulfonamides is 1. The first-order valence-corrected chi connectivity index (χ1v) is 11.6. The van der Waals surface area contributed by atoms with Crippen molar-refractivity contribution in [1.82, 2.24) is 9.62 Å². The summed E-state index contributed by atoms with van der Waals surface area (Å²) in [5, 5.41) is 3.13. The molecule has 2 aliphatic heterocycles. The molecule has 2 aliphatic rings. The second-order valence-electron chi connectivity index (χ2n) is 7.87. The van der Waals surface area contributed by atoms with Crippen molar-refractivity contribution in [3.05, 3.63) is 35.6 Å². The van der Waals surface area contributed by atoms with Crippen LogP contribution in [-0.4, -0.2) is 64.2 Å². The van der Waals surface area contributed by atoms with Gasteiger partial charge in [0, 0.05) is 45.9 Å². The number of rotatable bonds is 8. The SMILES string of the molecule is COCCC1(NC(=O)C2CCOCC2)CCN(S(=O)(=O)Cc2cccc(F)c2)C1. The highest BCUT2D eigenvalue weighted by Crippen LogP contribution is 2.30. The first kappa shape index (κ1) is 22.1. The average Bonchev–Trinajstić information content (AvgIpc) is 3.12. The molecule has 162 valence electrons. The average molecular weight is 429 g/mol. The fourth-order valence-corrected chi connectivity index (χ4v) is 5.59. The predicted octanol–water partition coefficient (Wildman–Crippen LogP) is 1.68. The molecule has 2 fully saturated rings. The Balaban J connectivity index is 1.70. The zero-order valence-electron chi connectivity index (χ0n) is 16.7. The normalized spacial score (nSPS) is 23.9. The minimum absolute atomic E-state index is 0.0474. The number of benzene rings is 1. The zero-order valence-corrected chi connectivity index (χ0v) is 17.5. The van der Waals surface area contributed by atoms with Gasteiger partial charge in [-0.05, 0) is 43.4 Å². The highest BCUT2D eigenvalue weighted by atomic mass is 32.2. The van der Waals surface area contributed by atoms with E-state index >= 15 is 0 Å². The van der Waals surface area contributed by atoms with Gasteiger partial charge in [-0.3, -0.25) is 4.79 Å². The van der Waals surface area contributed by atoms with Gasteiger partial charge in [0.05, 0.1) is 11.3 Å². The van der Waals surface area contributed by atoms with E-state index in [1.165, 1.54) is 22.5 Å². The largest absolute Gasteiger partial charge is 0.385 e. The van der Waals surface area contributed by atoms with Crippen LogP contribution in [0.5, 0.6) is 0 Å². The Hall–Kier alpha value is -1.55. The van der Waals surface area contributed by atoms with E-state index in [1.807, 2.05) is 0 Å². The molecule has 0 radical (unpaired) electrons. The minimum Gasteiger partial charge on any atom is -0.385 e. The first-order chi connectivity index (χ1) is 13.8. The molecule has 2 heterocycles. The summed E-state index contributed by atoms with van der Waals surface area (Å²) in [4.78, 5) is 12.8. The van der Waals surface area contributed by atoms with Gasteiger partial charge >= 0.3 is 0 Å². The van der Waals surface area contributed by atoms with Gasteiger partial charge in [-0.1, -0.05) is 12.1 Å². The molecule has 1 unspecified atom stereocenters. The smallest absolute Gasteiger partial charge is 0.223 e. The van der Waals surface area contributed by atoms with Gasteiger partial charge in [0.1, 0.15) is 5.82 Å². The monoisotopic (exact) mass is 428 g/mol. The third-order valence-electron chi connectivity index (χ3n) is 5.72. The van der Waals surface area contributed by atoms with Crippen molar-refractivity contribution in [2.45, 2.75) is 37.0 Å². The maximum atomic E-state index is 13.4. The number of nitrogens with one attached hydrogen (secondary N) is 1. The van der Waals surface area contributed by atoms with Crippen LogP contribution < -0.4 is 5.32 Å². The van der Waals surface area contributed by atoms with Gasteiger partial charge in [0.15, 0.2) is 0 Å². The molecule has 1 aromatic carbocycles. The van der Waals surface area contributed by atoms with Crippen LogP contribution in [0.4, 0.5) is 4.39 Å². The molecular formula is C20H29FN2O5S. The highest BCUT2D eigenvalue weighted by Gasteiger charge is 2.44. The molecule has 7 nitrogen and oxygen atoms in total. The van der Waals surface area contributed by atoms with Gasteiger partial charge < -0.3 is 14.8 Å². The van der Waals surface area contributed by atoms with Gasteiger partial charge in [-0.25, -0.2) is 12.8 Å². The van der Waals surface area contributed by atoms with E-state index in [4.69, 9.17) is 9.47 Å². The van der Waals surface area contributed by atoms with E-state index in [2.05, 4.69) is 5.32 Å². The number of ether oxygens (including phenoxy) is 2. The number of hydrogen-bond acceptors (Lipinski definition) is 5. The molecule has 0 bridgehead atoms. The molecule has 1 atom stereocenters. The summed E-state index contributed by atoms with van der Waals surface area (Å²) in [5.41, 5.74) is -0.244. The van der Waals surface area contributed by atoms with Crippen molar-refractivity contribution in [1.29, 1.82) is 0 Å². The second kappa shape index (κ2) is 9.51. The summed E-state index contributed by atoms with van der Waals surface area (Å²) in [7, 11) is -2.05. The molecule has 3 rings (SSSR count). The minimum atomic E-state index is -3.63.